The summed E-state index contributed by atoms with van der Waals surface area (Å²) in [6.45, 7) is 0.868. The molecule has 3 heteroatoms. The number of rotatable bonds is 3. The SMILES string of the molecule is CNCc1ccccc1-c1ccn(C)n1. The maximum Gasteiger partial charge on any atom is 0.0926 e. The maximum absolute atomic E-state index is 4.41. The van der Waals surface area contributed by atoms with Gasteiger partial charge in [-0.15, -0.1) is 0 Å². The van der Waals surface area contributed by atoms with Crippen LogP contribution in [0.1, 0.15) is 5.56 Å². The average Bonchev–Trinajstić information content (AvgIpc) is 2.66. The van der Waals surface area contributed by atoms with Gasteiger partial charge >= 0.3 is 0 Å². The van der Waals surface area contributed by atoms with Crippen molar-refractivity contribution in [3.8, 4) is 11.3 Å². The summed E-state index contributed by atoms with van der Waals surface area (Å²) in [5.41, 5.74) is 3.51. The van der Waals surface area contributed by atoms with Crippen LogP contribution in [0.3, 0.4) is 0 Å². The molecule has 0 spiro atoms. The number of benzene rings is 1. The molecule has 0 unspecified atom stereocenters. The van der Waals surface area contributed by atoms with Gasteiger partial charge in [-0.2, -0.15) is 5.10 Å². The monoisotopic (exact) mass is 201 g/mol. The van der Waals surface area contributed by atoms with Gasteiger partial charge in [-0.3, -0.25) is 4.68 Å². The van der Waals surface area contributed by atoms with Crippen molar-refractivity contribution in [2.45, 2.75) is 6.54 Å². The highest BCUT2D eigenvalue weighted by molar-refractivity contribution is 5.63. The Morgan fingerprint density at radius 1 is 1.27 bits per heavy atom. The number of nitrogens with zero attached hydrogens (tertiary/aromatic N) is 2. The van der Waals surface area contributed by atoms with Crippen molar-refractivity contribution in [2.24, 2.45) is 7.05 Å². The number of hydrogen-bond donors (Lipinski definition) is 1. The lowest BCUT2D eigenvalue weighted by Crippen LogP contribution is -2.06. The summed E-state index contributed by atoms with van der Waals surface area (Å²) in [7, 11) is 3.89. The summed E-state index contributed by atoms with van der Waals surface area (Å²) in [6.07, 6.45) is 1.96. The standard InChI is InChI=1S/C12H15N3/c1-13-9-10-5-3-4-6-11(10)12-7-8-15(2)14-12/h3-8,13H,9H2,1-2H3. The van der Waals surface area contributed by atoms with E-state index in [0.29, 0.717) is 0 Å². The predicted octanol–water partition coefficient (Wildman–Crippen LogP) is 1.81. The molecule has 2 rings (SSSR count). The lowest BCUT2D eigenvalue weighted by molar-refractivity contribution is 0.769. The molecular formula is C12H15N3. The normalized spacial score (nSPS) is 10.5. The number of aryl methyl sites for hydroxylation is 1. The van der Waals surface area contributed by atoms with Gasteiger partial charge in [-0.25, -0.2) is 0 Å². The Kier molecular flexibility index (Phi) is 2.83. The van der Waals surface area contributed by atoms with Crippen molar-refractivity contribution in [3.63, 3.8) is 0 Å². The van der Waals surface area contributed by atoms with Gasteiger partial charge in [0.15, 0.2) is 0 Å². The van der Waals surface area contributed by atoms with Crippen LogP contribution in [-0.4, -0.2) is 16.8 Å². The van der Waals surface area contributed by atoms with Crippen molar-refractivity contribution >= 4 is 0 Å². The second kappa shape index (κ2) is 4.28. The van der Waals surface area contributed by atoms with Crippen molar-refractivity contribution < 1.29 is 0 Å². The fourth-order valence-corrected chi connectivity index (χ4v) is 1.67. The largest absolute Gasteiger partial charge is 0.316 e. The van der Waals surface area contributed by atoms with E-state index < -0.39 is 0 Å². The zero-order chi connectivity index (χ0) is 10.7. The van der Waals surface area contributed by atoms with E-state index in [1.807, 2.05) is 37.1 Å². The smallest absolute Gasteiger partial charge is 0.0926 e. The molecule has 1 heterocycles. The Balaban J connectivity index is 2.42. The average molecular weight is 201 g/mol. The molecule has 0 atom stereocenters. The molecule has 0 saturated carbocycles. The third-order valence-electron chi connectivity index (χ3n) is 2.37. The Hall–Kier alpha value is -1.61. The maximum atomic E-state index is 4.41. The summed E-state index contributed by atoms with van der Waals surface area (Å²) in [5.74, 6) is 0. The third kappa shape index (κ3) is 2.07. The Bertz CT molecular complexity index is 446. The summed E-state index contributed by atoms with van der Waals surface area (Å²) in [5, 5.41) is 7.58. The second-order valence-electron chi connectivity index (χ2n) is 3.56. The van der Waals surface area contributed by atoms with Gasteiger partial charge in [-0.1, -0.05) is 24.3 Å². The summed E-state index contributed by atoms with van der Waals surface area (Å²) in [4.78, 5) is 0. The van der Waals surface area contributed by atoms with E-state index in [0.717, 1.165) is 12.2 Å². The van der Waals surface area contributed by atoms with E-state index in [-0.39, 0.29) is 0 Å². The highest BCUT2D eigenvalue weighted by Gasteiger charge is 2.05. The fourth-order valence-electron chi connectivity index (χ4n) is 1.67. The fraction of sp³-hybridized carbons (Fsp3) is 0.250. The first-order valence-corrected chi connectivity index (χ1v) is 5.04. The molecule has 0 aliphatic heterocycles. The topological polar surface area (TPSA) is 29.9 Å². The minimum Gasteiger partial charge on any atom is -0.316 e. The molecule has 0 aliphatic rings. The first-order chi connectivity index (χ1) is 7.31. The molecule has 3 nitrogen and oxygen atoms in total. The molecule has 15 heavy (non-hydrogen) atoms. The molecular weight excluding hydrogens is 186 g/mol. The van der Waals surface area contributed by atoms with E-state index >= 15 is 0 Å². The van der Waals surface area contributed by atoms with Crippen LogP contribution in [0, 0.1) is 0 Å². The third-order valence-corrected chi connectivity index (χ3v) is 2.37. The molecule has 1 aromatic carbocycles. The quantitative estimate of drug-likeness (QED) is 0.820. The van der Waals surface area contributed by atoms with Gasteiger partial charge in [-0.05, 0) is 18.7 Å². The zero-order valence-corrected chi connectivity index (χ0v) is 9.07. The summed E-state index contributed by atoms with van der Waals surface area (Å²) >= 11 is 0. The van der Waals surface area contributed by atoms with Crippen LogP contribution < -0.4 is 5.32 Å². The van der Waals surface area contributed by atoms with Crippen LogP contribution in [-0.2, 0) is 13.6 Å². The van der Waals surface area contributed by atoms with E-state index in [9.17, 15) is 0 Å². The minimum atomic E-state index is 0.868. The van der Waals surface area contributed by atoms with Gasteiger partial charge in [0.2, 0.25) is 0 Å². The lowest BCUT2D eigenvalue weighted by Gasteiger charge is -2.06. The van der Waals surface area contributed by atoms with E-state index in [4.69, 9.17) is 0 Å². The highest BCUT2D eigenvalue weighted by atomic mass is 15.2. The molecule has 0 fully saturated rings. The molecule has 0 bridgehead atoms. The van der Waals surface area contributed by atoms with Crippen LogP contribution in [0.2, 0.25) is 0 Å². The van der Waals surface area contributed by atoms with Crippen molar-refractivity contribution in [3.05, 3.63) is 42.1 Å². The minimum absolute atomic E-state index is 0.868. The van der Waals surface area contributed by atoms with Crippen LogP contribution >= 0.6 is 0 Å². The molecule has 0 radical (unpaired) electrons. The predicted molar refractivity (Wildman–Crippen MR) is 61.4 cm³/mol. The van der Waals surface area contributed by atoms with Gasteiger partial charge < -0.3 is 5.32 Å². The highest BCUT2D eigenvalue weighted by Crippen LogP contribution is 2.21. The van der Waals surface area contributed by atoms with Crippen LogP contribution in [0.25, 0.3) is 11.3 Å². The van der Waals surface area contributed by atoms with Gasteiger partial charge in [0.1, 0.15) is 0 Å². The van der Waals surface area contributed by atoms with Crippen LogP contribution in [0.4, 0.5) is 0 Å². The number of nitrogens with one attached hydrogen (secondary N) is 1. The van der Waals surface area contributed by atoms with Crippen molar-refractivity contribution in [1.82, 2.24) is 15.1 Å². The van der Waals surface area contributed by atoms with Gasteiger partial charge in [0.25, 0.3) is 0 Å². The number of aromatic nitrogens is 2. The molecule has 2 aromatic rings. The van der Waals surface area contributed by atoms with Gasteiger partial charge in [0, 0.05) is 25.4 Å². The van der Waals surface area contributed by atoms with Crippen molar-refractivity contribution in [1.29, 1.82) is 0 Å². The summed E-state index contributed by atoms with van der Waals surface area (Å²) < 4.78 is 1.82. The first-order valence-electron chi connectivity index (χ1n) is 5.04. The van der Waals surface area contributed by atoms with Gasteiger partial charge in [0.05, 0.1) is 5.69 Å². The molecule has 0 saturated heterocycles. The molecule has 0 amide bonds. The molecule has 78 valence electrons. The number of hydrogen-bond acceptors (Lipinski definition) is 2. The zero-order valence-electron chi connectivity index (χ0n) is 9.07. The van der Waals surface area contributed by atoms with Crippen LogP contribution in [0.5, 0.6) is 0 Å². The first kappa shape index (κ1) is 9.93. The van der Waals surface area contributed by atoms with Crippen LogP contribution in [0.15, 0.2) is 36.5 Å². The molecule has 1 aromatic heterocycles. The van der Waals surface area contributed by atoms with E-state index in [1.54, 1.807) is 0 Å². The lowest BCUT2D eigenvalue weighted by atomic mass is 10.1. The Morgan fingerprint density at radius 2 is 2.07 bits per heavy atom. The molecule has 0 aliphatic carbocycles. The molecule has 1 N–H and O–H groups in total. The second-order valence-corrected chi connectivity index (χ2v) is 3.56. The van der Waals surface area contributed by atoms with Crippen molar-refractivity contribution in [2.75, 3.05) is 7.05 Å². The summed E-state index contributed by atoms with van der Waals surface area (Å²) in [6, 6.07) is 10.4. The van der Waals surface area contributed by atoms with E-state index in [1.165, 1.54) is 11.1 Å². The Labute approximate surface area is 89.7 Å². The Morgan fingerprint density at radius 3 is 2.73 bits per heavy atom. The van der Waals surface area contributed by atoms with E-state index in [2.05, 4.69) is 28.6 Å².